The van der Waals surface area contributed by atoms with Gasteiger partial charge in [0.05, 0.1) is 24.1 Å². The zero-order valence-corrected chi connectivity index (χ0v) is 15.3. The third kappa shape index (κ3) is 5.45. The zero-order valence-electron chi connectivity index (χ0n) is 14.5. The van der Waals surface area contributed by atoms with Gasteiger partial charge < -0.3 is 10.1 Å². The number of nitrogens with one attached hydrogen (secondary N) is 1. The summed E-state index contributed by atoms with van der Waals surface area (Å²) in [5, 5.41) is 2.88. The van der Waals surface area contributed by atoms with Crippen LogP contribution in [0, 0.1) is 0 Å². The van der Waals surface area contributed by atoms with E-state index in [-0.39, 0.29) is 25.1 Å². The van der Waals surface area contributed by atoms with E-state index in [0.29, 0.717) is 11.3 Å². The number of sulfonamides is 1. The van der Waals surface area contributed by atoms with Crippen LogP contribution in [0.4, 0.5) is 5.69 Å². The van der Waals surface area contributed by atoms with Gasteiger partial charge in [-0.2, -0.15) is 0 Å². The molecule has 0 heterocycles. The maximum absolute atomic E-state index is 12.2. The van der Waals surface area contributed by atoms with Crippen LogP contribution in [0.25, 0.3) is 0 Å². The molecule has 0 bridgehead atoms. The predicted molar refractivity (Wildman–Crippen MR) is 95.0 cm³/mol. The van der Waals surface area contributed by atoms with Gasteiger partial charge in [0.2, 0.25) is 15.9 Å². The van der Waals surface area contributed by atoms with Crippen LogP contribution in [0.15, 0.2) is 24.3 Å². The molecule has 1 aromatic rings. The molecule has 1 N–H and O–H groups in total. The Morgan fingerprint density at radius 2 is 1.80 bits per heavy atom. The number of anilines is 1. The molecular weight excluding hydrogens is 344 g/mol. The molecule has 0 unspecified atom stereocenters. The molecule has 1 aliphatic rings. The summed E-state index contributed by atoms with van der Waals surface area (Å²) in [5.74, 6) is -0.800. The highest BCUT2D eigenvalue weighted by atomic mass is 32.2. The molecule has 1 amide bonds. The smallest absolute Gasteiger partial charge is 0.338 e. The summed E-state index contributed by atoms with van der Waals surface area (Å²) >= 11 is 0. The number of ether oxygens (including phenoxy) is 1. The van der Waals surface area contributed by atoms with Gasteiger partial charge in [-0.15, -0.1) is 0 Å². The molecule has 1 saturated carbocycles. The fraction of sp³-hybridized carbons (Fsp3) is 0.529. The lowest BCUT2D eigenvalue weighted by molar-refractivity contribution is -0.120. The van der Waals surface area contributed by atoms with Crippen LogP contribution in [0.1, 0.15) is 43.0 Å². The topological polar surface area (TPSA) is 92.8 Å². The normalized spacial score (nSPS) is 15.0. The van der Waals surface area contributed by atoms with E-state index in [2.05, 4.69) is 5.32 Å². The molecule has 7 nitrogen and oxygen atoms in total. The number of amides is 1. The molecule has 8 heteroatoms. The zero-order chi connectivity index (χ0) is 18.4. The molecular formula is C17H24N2O5S. The Morgan fingerprint density at radius 3 is 2.32 bits per heavy atom. The first-order valence-corrected chi connectivity index (χ1v) is 10.2. The van der Waals surface area contributed by atoms with Gasteiger partial charge in [0.15, 0.2) is 0 Å². The summed E-state index contributed by atoms with van der Waals surface area (Å²) in [6, 6.07) is 6.09. The van der Waals surface area contributed by atoms with Crippen molar-refractivity contribution in [3.63, 3.8) is 0 Å². The van der Waals surface area contributed by atoms with Gasteiger partial charge in [-0.25, -0.2) is 13.2 Å². The van der Waals surface area contributed by atoms with Crippen LogP contribution in [-0.2, 0) is 19.6 Å². The van der Waals surface area contributed by atoms with Crippen LogP contribution in [0.2, 0.25) is 0 Å². The van der Waals surface area contributed by atoms with Gasteiger partial charge in [-0.1, -0.05) is 12.8 Å². The minimum absolute atomic E-state index is 0.125. The molecule has 25 heavy (non-hydrogen) atoms. The Bertz CT molecular complexity index is 709. The standard InChI is InChI=1S/C17H24N2O5S/c1-3-24-17(21)13-8-10-15(11-9-13)19(25(2,22)23)12-16(20)18-14-6-4-5-7-14/h8-11,14H,3-7,12H2,1-2H3,(H,18,20). The Labute approximate surface area is 148 Å². The van der Waals surface area contributed by atoms with Gasteiger partial charge in [0.25, 0.3) is 0 Å². The summed E-state index contributed by atoms with van der Waals surface area (Å²) in [4.78, 5) is 23.9. The van der Waals surface area contributed by atoms with Crippen molar-refractivity contribution < 1.29 is 22.7 Å². The minimum atomic E-state index is -3.63. The molecule has 0 saturated heterocycles. The summed E-state index contributed by atoms with van der Waals surface area (Å²) in [6.45, 7) is 1.69. The van der Waals surface area contributed by atoms with Gasteiger partial charge in [0.1, 0.15) is 6.54 Å². The monoisotopic (exact) mass is 368 g/mol. The molecule has 0 aliphatic heterocycles. The number of hydrogen-bond acceptors (Lipinski definition) is 5. The number of carbonyl (C=O) groups excluding carboxylic acids is 2. The highest BCUT2D eigenvalue weighted by Crippen LogP contribution is 2.20. The Balaban J connectivity index is 2.11. The fourth-order valence-electron chi connectivity index (χ4n) is 2.85. The average Bonchev–Trinajstić information content (AvgIpc) is 3.05. The molecule has 0 radical (unpaired) electrons. The van der Waals surface area contributed by atoms with Crippen molar-refractivity contribution in [3.8, 4) is 0 Å². The van der Waals surface area contributed by atoms with Gasteiger partial charge in [0, 0.05) is 6.04 Å². The first-order chi connectivity index (χ1) is 11.8. The second-order valence-electron chi connectivity index (χ2n) is 6.09. The Hall–Kier alpha value is -2.09. The lowest BCUT2D eigenvalue weighted by atomic mass is 10.2. The van der Waals surface area contributed by atoms with Crippen molar-refractivity contribution in [2.24, 2.45) is 0 Å². The number of nitrogens with zero attached hydrogens (tertiary/aromatic N) is 1. The number of benzene rings is 1. The van der Waals surface area contributed by atoms with Gasteiger partial charge >= 0.3 is 5.97 Å². The summed E-state index contributed by atoms with van der Waals surface area (Å²) in [5.41, 5.74) is 0.659. The van der Waals surface area contributed by atoms with Gasteiger partial charge in [-0.3, -0.25) is 9.10 Å². The molecule has 0 atom stereocenters. The first-order valence-electron chi connectivity index (χ1n) is 8.35. The van der Waals surface area contributed by atoms with Crippen molar-refractivity contribution in [3.05, 3.63) is 29.8 Å². The predicted octanol–water partition coefficient (Wildman–Crippen LogP) is 1.69. The van der Waals surface area contributed by atoms with Crippen molar-refractivity contribution in [1.29, 1.82) is 0 Å². The second kappa shape index (κ2) is 8.33. The number of rotatable bonds is 7. The maximum atomic E-state index is 12.2. The van der Waals surface area contributed by atoms with Crippen LogP contribution in [0.3, 0.4) is 0 Å². The van der Waals surface area contributed by atoms with Gasteiger partial charge in [-0.05, 0) is 44.0 Å². The van der Waals surface area contributed by atoms with E-state index in [1.165, 1.54) is 24.3 Å². The maximum Gasteiger partial charge on any atom is 0.338 e. The largest absolute Gasteiger partial charge is 0.462 e. The lowest BCUT2D eigenvalue weighted by Gasteiger charge is -2.23. The molecule has 0 aromatic heterocycles. The third-order valence-electron chi connectivity index (χ3n) is 4.07. The van der Waals surface area contributed by atoms with E-state index in [1.807, 2.05) is 0 Å². The fourth-order valence-corrected chi connectivity index (χ4v) is 3.71. The van der Waals surface area contributed by atoms with Crippen molar-refractivity contribution in [1.82, 2.24) is 5.32 Å². The Morgan fingerprint density at radius 1 is 1.20 bits per heavy atom. The quantitative estimate of drug-likeness (QED) is 0.739. The molecule has 1 fully saturated rings. The highest BCUT2D eigenvalue weighted by molar-refractivity contribution is 7.92. The third-order valence-corrected chi connectivity index (χ3v) is 5.21. The molecule has 1 aliphatic carbocycles. The highest BCUT2D eigenvalue weighted by Gasteiger charge is 2.23. The van der Waals surface area contributed by atoms with Crippen LogP contribution < -0.4 is 9.62 Å². The van der Waals surface area contributed by atoms with Crippen LogP contribution in [-0.4, -0.2) is 45.7 Å². The van der Waals surface area contributed by atoms with Crippen LogP contribution >= 0.6 is 0 Å². The van der Waals surface area contributed by atoms with Crippen molar-refractivity contribution >= 4 is 27.6 Å². The van der Waals surface area contributed by atoms with Crippen molar-refractivity contribution in [2.45, 2.75) is 38.6 Å². The number of carbonyl (C=O) groups is 2. The molecule has 1 aromatic carbocycles. The summed E-state index contributed by atoms with van der Waals surface area (Å²) in [6.07, 6.45) is 5.07. The average molecular weight is 368 g/mol. The molecule has 138 valence electrons. The lowest BCUT2D eigenvalue weighted by Crippen LogP contribution is -2.43. The summed E-state index contributed by atoms with van der Waals surface area (Å²) < 4.78 is 30.1. The minimum Gasteiger partial charge on any atom is -0.462 e. The van der Waals surface area contributed by atoms with E-state index in [9.17, 15) is 18.0 Å². The van der Waals surface area contributed by atoms with E-state index in [4.69, 9.17) is 4.74 Å². The SMILES string of the molecule is CCOC(=O)c1ccc(N(CC(=O)NC2CCCC2)S(C)(=O)=O)cc1. The van der Waals surface area contributed by atoms with Crippen molar-refractivity contribution in [2.75, 3.05) is 23.7 Å². The van der Waals surface area contributed by atoms with E-state index in [1.54, 1.807) is 6.92 Å². The molecule has 0 spiro atoms. The summed E-state index contributed by atoms with van der Waals surface area (Å²) in [7, 11) is -3.63. The molecule has 2 rings (SSSR count). The van der Waals surface area contributed by atoms with E-state index < -0.39 is 16.0 Å². The number of esters is 1. The first kappa shape index (κ1) is 19.2. The van der Waals surface area contributed by atoms with Crippen LogP contribution in [0.5, 0.6) is 0 Å². The van der Waals surface area contributed by atoms with E-state index in [0.717, 1.165) is 36.2 Å². The van der Waals surface area contributed by atoms with E-state index >= 15 is 0 Å². The second-order valence-corrected chi connectivity index (χ2v) is 7.99. The number of hydrogen-bond donors (Lipinski definition) is 1. The Kier molecular flexibility index (Phi) is 6.41.